The summed E-state index contributed by atoms with van der Waals surface area (Å²) in [5.74, 6) is 0.0462. The Hall–Kier alpha value is -2.77. The van der Waals surface area contributed by atoms with Crippen LogP contribution in [0.25, 0.3) is 16.7 Å². The maximum atomic E-state index is 12.8. The lowest BCUT2D eigenvalue weighted by Crippen LogP contribution is -2.04. The molecule has 3 aromatic rings. The number of hydrogen-bond donors (Lipinski definition) is 1. The van der Waals surface area contributed by atoms with Crippen LogP contribution in [-0.4, -0.2) is 27.2 Å². The molecule has 0 aliphatic rings. The summed E-state index contributed by atoms with van der Waals surface area (Å²) in [5, 5.41) is 18.5. The standard InChI is InChI=1S/C17H15F3N3O2/c1-3-4-10-7-14(16(24)15(8-10)25-2)23-21-12-6-5-11(17(18,19)20)9-13(12)22-23/h5-9,24H,1,3-4H2,2H3. The summed E-state index contributed by atoms with van der Waals surface area (Å²) < 4.78 is 43.6. The highest BCUT2D eigenvalue weighted by Gasteiger charge is 2.31. The Kier molecular flexibility index (Phi) is 4.28. The predicted molar refractivity (Wildman–Crippen MR) is 85.8 cm³/mol. The van der Waals surface area contributed by atoms with E-state index in [0.29, 0.717) is 12.8 Å². The van der Waals surface area contributed by atoms with Gasteiger partial charge in [0.15, 0.2) is 11.5 Å². The van der Waals surface area contributed by atoms with E-state index in [2.05, 4.69) is 17.1 Å². The molecule has 0 aliphatic heterocycles. The first-order valence-corrected chi connectivity index (χ1v) is 7.47. The number of aromatic nitrogens is 3. The summed E-state index contributed by atoms with van der Waals surface area (Å²) in [6, 6.07) is 6.45. The zero-order valence-electron chi connectivity index (χ0n) is 13.3. The Balaban J connectivity index is 2.14. The van der Waals surface area contributed by atoms with Crippen molar-refractivity contribution in [2.75, 3.05) is 7.11 Å². The van der Waals surface area contributed by atoms with Gasteiger partial charge in [0.25, 0.3) is 0 Å². The van der Waals surface area contributed by atoms with Crippen LogP contribution in [0.3, 0.4) is 0 Å². The molecule has 5 nitrogen and oxygen atoms in total. The molecule has 25 heavy (non-hydrogen) atoms. The summed E-state index contributed by atoms with van der Waals surface area (Å²) in [6.45, 7) is 3.78. The predicted octanol–water partition coefficient (Wildman–Crippen LogP) is 3.92. The highest BCUT2D eigenvalue weighted by molar-refractivity contribution is 5.75. The van der Waals surface area contributed by atoms with Gasteiger partial charge in [0.1, 0.15) is 16.7 Å². The Morgan fingerprint density at radius 2 is 1.88 bits per heavy atom. The fraction of sp³-hybridized carbons (Fsp3) is 0.235. The lowest BCUT2D eigenvalue weighted by Gasteiger charge is -2.11. The minimum Gasteiger partial charge on any atom is -0.503 e. The Bertz CT molecular complexity index is 919. The molecule has 3 rings (SSSR count). The second kappa shape index (κ2) is 6.27. The van der Waals surface area contributed by atoms with Crippen molar-refractivity contribution in [1.82, 2.24) is 15.0 Å². The van der Waals surface area contributed by atoms with Crippen LogP contribution >= 0.6 is 0 Å². The van der Waals surface area contributed by atoms with E-state index < -0.39 is 11.7 Å². The molecule has 0 saturated heterocycles. The molecule has 0 spiro atoms. The molecule has 0 amide bonds. The van der Waals surface area contributed by atoms with Crippen LogP contribution in [0, 0.1) is 6.92 Å². The molecular formula is C17H15F3N3O2. The number of methoxy groups -OCH3 is 1. The van der Waals surface area contributed by atoms with Crippen LogP contribution in [0.1, 0.15) is 17.5 Å². The van der Waals surface area contributed by atoms with Gasteiger partial charge in [-0.1, -0.05) is 6.92 Å². The molecule has 1 N–H and O–H groups in total. The largest absolute Gasteiger partial charge is 0.503 e. The summed E-state index contributed by atoms with van der Waals surface area (Å²) in [7, 11) is 1.41. The maximum absolute atomic E-state index is 12.8. The molecular weight excluding hydrogens is 335 g/mol. The minimum atomic E-state index is -4.46. The van der Waals surface area contributed by atoms with Crippen molar-refractivity contribution in [3.63, 3.8) is 0 Å². The molecule has 0 bridgehead atoms. The van der Waals surface area contributed by atoms with Gasteiger partial charge in [-0.2, -0.15) is 13.2 Å². The van der Waals surface area contributed by atoms with Crippen LogP contribution in [-0.2, 0) is 12.6 Å². The van der Waals surface area contributed by atoms with E-state index in [4.69, 9.17) is 4.74 Å². The number of aromatic hydroxyl groups is 1. The van der Waals surface area contributed by atoms with Crippen molar-refractivity contribution in [3.8, 4) is 17.2 Å². The van der Waals surface area contributed by atoms with E-state index in [0.717, 1.165) is 22.5 Å². The first kappa shape index (κ1) is 17.1. The molecule has 1 heterocycles. The summed E-state index contributed by atoms with van der Waals surface area (Å²) in [5.41, 5.74) is 0.633. The number of ether oxygens (including phenoxy) is 1. The van der Waals surface area contributed by atoms with E-state index in [9.17, 15) is 18.3 Å². The molecule has 1 aromatic heterocycles. The summed E-state index contributed by atoms with van der Waals surface area (Å²) in [6.07, 6.45) is -3.18. The zero-order valence-corrected chi connectivity index (χ0v) is 13.3. The van der Waals surface area contributed by atoms with Gasteiger partial charge in [0.05, 0.1) is 12.7 Å². The summed E-state index contributed by atoms with van der Waals surface area (Å²) >= 11 is 0. The first-order valence-electron chi connectivity index (χ1n) is 7.47. The van der Waals surface area contributed by atoms with Crippen molar-refractivity contribution in [1.29, 1.82) is 0 Å². The minimum absolute atomic E-state index is 0.0794. The normalized spacial score (nSPS) is 11.9. The Morgan fingerprint density at radius 3 is 2.52 bits per heavy atom. The van der Waals surface area contributed by atoms with Gasteiger partial charge in [-0.3, -0.25) is 0 Å². The number of hydrogen-bond acceptors (Lipinski definition) is 4. The number of aryl methyl sites for hydroxylation is 1. The van der Waals surface area contributed by atoms with E-state index in [1.54, 1.807) is 12.1 Å². The van der Waals surface area contributed by atoms with Crippen molar-refractivity contribution in [2.24, 2.45) is 0 Å². The van der Waals surface area contributed by atoms with E-state index in [-0.39, 0.29) is 28.2 Å². The average Bonchev–Trinajstić information content (AvgIpc) is 2.98. The highest BCUT2D eigenvalue weighted by Crippen LogP contribution is 2.35. The third-order valence-electron chi connectivity index (χ3n) is 3.72. The van der Waals surface area contributed by atoms with Gasteiger partial charge < -0.3 is 9.84 Å². The van der Waals surface area contributed by atoms with Crippen molar-refractivity contribution in [2.45, 2.75) is 19.0 Å². The number of fused-ring (bicyclic) bond motifs is 1. The van der Waals surface area contributed by atoms with Gasteiger partial charge >= 0.3 is 6.18 Å². The molecule has 8 heteroatoms. The van der Waals surface area contributed by atoms with Gasteiger partial charge in [-0.05, 0) is 48.7 Å². The number of nitrogens with zero attached hydrogens (tertiary/aromatic N) is 3. The van der Waals surface area contributed by atoms with Crippen LogP contribution in [0.2, 0.25) is 0 Å². The molecule has 0 aliphatic carbocycles. The van der Waals surface area contributed by atoms with Gasteiger partial charge in [0.2, 0.25) is 0 Å². The topological polar surface area (TPSA) is 60.2 Å². The molecule has 0 fully saturated rings. The number of alkyl halides is 3. The summed E-state index contributed by atoms with van der Waals surface area (Å²) in [4.78, 5) is 1.11. The lowest BCUT2D eigenvalue weighted by atomic mass is 10.1. The smallest absolute Gasteiger partial charge is 0.416 e. The van der Waals surface area contributed by atoms with Gasteiger partial charge in [-0.25, -0.2) is 0 Å². The van der Waals surface area contributed by atoms with Crippen LogP contribution in [0.5, 0.6) is 11.5 Å². The van der Waals surface area contributed by atoms with Crippen LogP contribution in [0.4, 0.5) is 13.2 Å². The number of phenols is 1. The third kappa shape index (κ3) is 3.24. The molecule has 0 unspecified atom stereocenters. The lowest BCUT2D eigenvalue weighted by molar-refractivity contribution is -0.137. The second-order valence-corrected chi connectivity index (χ2v) is 5.46. The second-order valence-electron chi connectivity index (χ2n) is 5.46. The number of halogens is 3. The highest BCUT2D eigenvalue weighted by atomic mass is 19.4. The average molecular weight is 350 g/mol. The fourth-order valence-electron chi connectivity index (χ4n) is 2.50. The van der Waals surface area contributed by atoms with Gasteiger partial charge in [0, 0.05) is 0 Å². The third-order valence-corrected chi connectivity index (χ3v) is 3.72. The Labute approximate surface area is 141 Å². The first-order chi connectivity index (χ1) is 11.8. The number of rotatable bonds is 4. The quantitative estimate of drug-likeness (QED) is 0.775. The molecule has 131 valence electrons. The molecule has 2 aromatic carbocycles. The maximum Gasteiger partial charge on any atom is 0.416 e. The van der Waals surface area contributed by atoms with E-state index in [1.807, 2.05) is 0 Å². The fourth-order valence-corrected chi connectivity index (χ4v) is 2.50. The van der Waals surface area contributed by atoms with Crippen LogP contribution < -0.4 is 4.74 Å². The number of phenolic OH excluding ortho intramolecular Hbond substituents is 1. The van der Waals surface area contributed by atoms with Crippen molar-refractivity contribution >= 4 is 11.0 Å². The van der Waals surface area contributed by atoms with Crippen LogP contribution in [0.15, 0.2) is 30.3 Å². The Morgan fingerprint density at radius 1 is 1.16 bits per heavy atom. The monoisotopic (exact) mass is 350 g/mol. The van der Waals surface area contributed by atoms with Crippen molar-refractivity contribution in [3.05, 3.63) is 48.4 Å². The number of benzene rings is 2. The SMILES string of the molecule is [CH2]CCc1cc(OC)c(O)c(-n2nc3ccc(C(F)(F)F)cc3n2)c1. The van der Waals surface area contributed by atoms with E-state index in [1.165, 1.54) is 13.2 Å². The zero-order chi connectivity index (χ0) is 18.2. The molecule has 0 saturated carbocycles. The molecule has 0 atom stereocenters. The van der Waals surface area contributed by atoms with Crippen molar-refractivity contribution < 1.29 is 23.0 Å². The van der Waals surface area contributed by atoms with E-state index >= 15 is 0 Å². The molecule has 1 radical (unpaired) electrons. The van der Waals surface area contributed by atoms with Gasteiger partial charge in [-0.15, -0.1) is 15.0 Å².